The normalized spacial score (nSPS) is 13.7. The summed E-state index contributed by atoms with van der Waals surface area (Å²) in [5.41, 5.74) is 8.43. The number of rotatable bonds is 6. The summed E-state index contributed by atoms with van der Waals surface area (Å²) in [6.07, 6.45) is 1.58. The highest BCUT2D eigenvalue weighted by Crippen LogP contribution is 2.45. The molecule has 0 aliphatic carbocycles. The molecule has 1 aliphatic heterocycles. The van der Waals surface area contributed by atoms with Crippen LogP contribution in [0.15, 0.2) is 51.0 Å². The van der Waals surface area contributed by atoms with E-state index in [1.54, 1.807) is 16.8 Å². The first-order valence-electron chi connectivity index (χ1n) is 9.34. The maximum Gasteiger partial charge on any atom is 0.231 e. The van der Waals surface area contributed by atoms with Crippen LogP contribution in [0.2, 0.25) is 0 Å². The van der Waals surface area contributed by atoms with Gasteiger partial charge < -0.3 is 28.7 Å². The van der Waals surface area contributed by atoms with Crippen LogP contribution in [-0.4, -0.2) is 35.8 Å². The van der Waals surface area contributed by atoms with Gasteiger partial charge in [0.2, 0.25) is 6.79 Å². The average molecular weight is 458 g/mol. The number of ether oxygens (including phenoxy) is 2. The van der Waals surface area contributed by atoms with Gasteiger partial charge in [-0.1, -0.05) is 22.8 Å². The maximum absolute atomic E-state index is 11.2. The summed E-state index contributed by atoms with van der Waals surface area (Å²) in [6.45, 7) is 2.22. The Kier molecular flexibility index (Phi) is 5.08. The molecule has 2 N–H and O–H groups in total. The highest BCUT2D eigenvalue weighted by Gasteiger charge is 2.23. The fraction of sp³-hybridized carbons (Fsp3) is 0.200. The topological polar surface area (TPSA) is 128 Å². The number of nitrogens with two attached hydrogens (primary N) is 1. The van der Waals surface area contributed by atoms with E-state index in [4.69, 9.17) is 19.6 Å². The maximum atomic E-state index is 11.2. The van der Waals surface area contributed by atoms with Gasteiger partial charge in [-0.25, -0.2) is 9.97 Å². The molecule has 0 fully saturated rings. The van der Waals surface area contributed by atoms with Crippen molar-refractivity contribution in [2.45, 2.75) is 23.5 Å². The van der Waals surface area contributed by atoms with Crippen molar-refractivity contribution < 1.29 is 22.7 Å². The standard InChI is InChI=1S/C20H18N4O5S2/c1-11-2-3-14(29-11)12-8-15-16(28-10-27-15)9-17(12)30-20-23-18-13(21)4-5-22-19(18)24(20)6-7-31(25)26/h2-5,8-9H,6-7,10H2,1H3,(H2,21,22)(H,25,26)/p-1. The number of pyridine rings is 1. The third-order valence-electron chi connectivity index (χ3n) is 4.79. The van der Waals surface area contributed by atoms with Gasteiger partial charge in [-0.3, -0.25) is 4.21 Å². The average Bonchev–Trinajstić information content (AvgIpc) is 3.45. The van der Waals surface area contributed by atoms with E-state index in [1.807, 2.05) is 31.2 Å². The first-order valence-corrected chi connectivity index (χ1v) is 11.4. The Bertz CT molecular complexity index is 1320. The largest absolute Gasteiger partial charge is 0.772 e. The zero-order valence-corrected chi connectivity index (χ0v) is 18.0. The zero-order chi connectivity index (χ0) is 21.5. The monoisotopic (exact) mass is 457 g/mol. The minimum atomic E-state index is -2.20. The molecule has 3 aromatic heterocycles. The molecular weight excluding hydrogens is 440 g/mol. The molecule has 0 saturated carbocycles. The first kappa shape index (κ1) is 19.9. The number of aryl methyl sites for hydroxylation is 2. The highest BCUT2D eigenvalue weighted by atomic mass is 32.2. The summed E-state index contributed by atoms with van der Waals surface area (Å²) in [4.78, 5) is 9.84. The van der Waals surface area contributed by atoms with Gasteiger partial charge in [0.25, 0.3) is 0 Å². The number of benzene rings is 1. The Hall–Kier alpha value is -3.02. The van der Waals surface area contributed by atoms with Crippen LogP contribution in [0.5, 0.6) is 11.5 Å². The van der Waals surface area contributed by atoms with Gasteiger partial charge in [0.15, 0.2) is 22.3 Å². The Labute approximate surface area is 183 Å². The van der Waals surface area contributed by atoms with Gasteiger partial charge in [-0.05, 0) is 37.3 Å². The molecule has 160 valence electrons. The molecule has 0 bridgehead atoms. The van der Waals surface area contributed by atoms with Crippen LogP contribution in [0, 0.1) is 6.92 Å². The number of anilines is 1. The Balaban J connectivity index is 1.63. The van der Waals surface area contributed by atoms with Gasteiger partial charge in [0.05, 0.1) is 5.69 Å². The van der Waals surface area contributed by atoms with E-state index >= 15 is 0 Å². The molecule has 1 unspecified atom stereocenters. The molecule has 9 nitrogen and oxygen atoms in total. The summed E-state index contributed by atoms with van der Waals surface area (Å²) < 4.78 is 41.1. The predicted molar refractivity (Wildman–Crippen MR) is 115 cm³/mol. The van der Waals surface area contributed by atoms with Crippen LogP contribution in [0.25, 0.3) is 22.5 Å². The summed E-state index contributed by atoms with van der Waals surface area (Å²) in [5.74, 6) is 2.65. The van der Waals surface area contributed by atoms with Crippen molar-refractivity contribution in [3.8, 4) is 22.8 Å². The van der Waals surface area contributed by atoms with Crippen LogP contribution < -0.4 is 15.2 Å². The van der Waals surface area contributed by atoms with Gasteiger partial charge >= 0.3 is 0 Å². The molecular formula is C20H17N4O5S2-. The van der Waals surface area contributed by atoms with Crippen molar-refractivity contribution in [3.63, 3.8) is 0 Å². The van der Waals surface area contributed by atoms with E-state index in [9.17, 15) is 8.76 Å². The number of hydrogen-bond acceptors (Lipinski definition) is 9. The molecule has 0 saturated heterocycles. The molecule has 0 spiro atoms. The number of aromatic nitrogens is 3. The van der Waals surface area contributed by atoms with E-state index in [-0.39, 0.29) is 19.1 Å². The molecule has 1 atom stereocenters. The number of furan rings is 1. The van der Waals surface area contributed by atoms with Crippen LogP contribution in [-0.2, 0) is 17.6 Å². The van der Waals surface area contributed by atoms with Crippen molar-refractivity contribution in [2.75, 3.05) is 18.3 Å². The minimum Gasteiger partial charge on any atom is -0.772 e. The minimum absolute atomic E-state index is 0.0686. The smallest absolute Gasteiger partial charge is 0.231 e. The number of nitrogens with zero attached hydrogens (tertiary/aromatic N) is 3. The Morgan fingerprint density at radius 2 is 2.06 bits per heavy atom. The second kappa shape index (κ2) is 7.91. The second-order valence-electron chi connectivity index (χ2n) is 6.84. The van der Waals surface area contributed by atoms with Crippen molar-refractivity contribution in [2.24, 2.45) is 0 Å². The molecule has 11 heteroatoms. The first-order chi connectivity index (χ1) is 15.0. The molecule has 31 heavy (non-hydrogen) atoms. The van der Waals surface area contributed by atoms with E-state index in [0.717, 1.165) is 16.2 Å². The molecule has 4 aromatic rings. The van der Waals surface area contributed by atoms with Gasteiger partial charge in [-0.15, -0.1) is 0 Å². The molecule has 1 aromatic carbocycles. The third-order valence-corrected chi connectivity index (χ3v) is 6.36. The van der Waals surface area contributed by atoms with Gasteiger partial charge in [0.1, 0.15) is 17.0 Å². The van der Waals surface area contributed by atoms with Gasteiger partial charge in [-0.2, -0.15) is 0 Å². The fourth-order valence-corrected chi connectivity index (χ4v) is 4.73. The number of hydrogen-bond donors (Lipinski definition) is 1. The van der Waals surface area contributed by atoms with Crippen LogP contribution >= 0.6 is 11.8 Å². The van der Waals surface area contributed by atoms with Gasteiger partial charge in [0, 0.05) is 29.0 Å². The summed E-state index contributed by atoms with van der Waals surface area (Å²) >= 11 is -0.846. The number of imidazole rings is 1. The molecule has 0 radical (unpaired) electrons. The van der Waals surface area contributed by atoms with Crippen molar-refractivity contribution in [1.29, 1.82) is 0 Å². The number of fused-ring (bicyclic) bond motifs is 2. The highest BCUT2D eigenvalue weighted by molar-refractivity contribution is 7.99. The van der Waals surface area contributed by atoms with E-state index in [1.165, 1.54) is 11.8 Å². The summed E-state index contributed by atoms with van der Waals surface area (Å²) in [5, 5.41) is 0.564. The quantitative estimate of drug-likeness (QED) is 0.433. The molecule has 4 heterocycles. The van der Waals surface area contributed by atoms with Crippen LogP contribution in [0.1, 0.15) is 5.76 Å². The van der Waals surface area contributed by atoms with E-state index in [2.05, 4.69) is 9.97 Å². The Morgan fingerprint density at radius 3 is 2.81 bits per heavy atom. The molecule has 1 aliphatic rings. The lowest BCUT2D eigenvalue weighted by Crippen LogP contribution is -2.08. The van der Waals surface area contributed by atoms with Crippen molar-refractivity contribution in [3.05, 3.63) is 42.3 Å². The van der Waals surface area contributed by atoms with Crippen LogP contribution in [0.4, 0.5) is 5.69 Å². The lowest BCUT2D eigenvalue weighted by Gasteiger charge is -2.12. The fourth-order valence-electron chi connectivity index (χ4n) is 3.34. The molecule has 0 amide bonds. The van der Waals surface area contributed by atoms with E-state index in [0.29, 0.717) is 39.3 Å². The zero-order valence-electron chi connectivity index (χ0n) is 16.4. The van der Waals surface area contributed by atoms with Crippen LogP contribution in [0.3, 0.4) is 0 Å². The number of nitrogen functional groups attached to an aromatic ring is 1. The third kappa shape index (κ3) is 3.75. The van der Waals surface area contributed by atoms with E-state index < -0.39 is 11.1 Å². The second-order valence-corrected chi connectivity index (χ2v) is 8.87. The summed E-state index contributed by atoms with van der Waals surface area (Å²) in [7, 11) is 0. The lowest BCUT2D eigenvalue weighted by molar-refractivity contribution is 0.174. The Morgan fingerprint density at radius 1 is 1.26 bits per heavy atom. The predicted octanol–water partition coefficient (Wildman–Crippen LogP) is 3.34. The van der Waals surface area contributed by atoms with Crippen molar-refractivity contribution >= 4 is 39.7 Å². The molecule has 5 rings (SSSR count). The lowest BCUT2D eigenvalue weighted by atomic mass is 10.1. The van der Waals surface area contributed by atoms with Crippen molar-refractivity contribution in [1.82, 2.24) is 14.5 Å². The summed E-state index contributed by atoms with van der Waals surface area (Å²) in [6, 6.07) is 9.18. The SMILES string of the molecule is Cc1ccc(-c2cc3c(cc2Sc2nc4c(N)ccnc4n2CCS(=O)[O-])OCO3)o1.